The lowest BCUT2D eigenvalue weighted by molar-refractivity contribution is -0.350. The summed E-state index contributed by atoms with van der Waals surface area (Å²) >= 11 is 0. The van der Waals surface area contributed by atoms with Gasteiger partial charge in [0.2, 0.25) is 5.91 Å². The summed E-state index contributed by atoms with van der Waals surface area (Å²) in [5.74, 6) is -0.983. The Morgan fingerprint density at radius 1 is 0.944 bits per heavy atom. The smallest absolute Gasteiger partial charge is 0.338 e. The van der Waals surface area contributed by atoms with Crippen LogP contribution < -0.4 is 0 Å². The van der Waals surface area contributed by atoms with Crippen molar-refractivity contribution in [1.82, 2.24) is 5.06 Å². The van der Waals surface area contributed by atoms with E-state index in [1.54, 1.807) is 30.3 Å². The fourth-order valence-electron chi connectivity index (χ4n) is 7.98. The molecule has 3 fully saturated rings. The Bertz CT molecular complexity index is 1610. The number of carbonyl (C=O) groups excluding carboxylic acids is 2. The first kappa shape index (κ1) is 42.9. The Kier molecular flexibility index (Phi) is 12.4. The first-order valence-corrected chi connectivity index (χ1v) is 26.5. The van der Waals surface area contributed by atoms with Gasteiger partial charge in [-0.2, -0.15) is 0 Å². The van der Waals surface area contributed by atoms with Gasteiger partial charge >= 0.3 is 23.1 Å². The van der Waals surface area contributed by atoms with Crippen molar-refractivity contribution < 1.29 is 46.8 Å². The predicted octanol–water partition coefficient (Wildman–Crippen LogP) is 7.38. The monoisotopic (exact) mass is 801 g/mol. The second-order valence-electron chi connectivity index (χ2n) is 17.8. The second kappa shape index (κ2) is 15.6. The highest BCUT2D eigenvalue weighted by atomic mass is 28.5. The van der Waals surface area contributed by atoms with Crippen LogP contribution in [0.25, 0.3) is 0 Å². The summed E-state index contributed by atoms with van der Waals surface area (Å²) in [5, 5.41) is 27.4. The maximum absolute atomic E-state index is 13.8. The first-order chi connectivity index (χ1) is 25.1. The molecule has 2 aromatic rings. The topological polar surface area (TPSA) is 133 Å². The number of hydroxylamine groups is 2. The van der Waals surface area contributed by atoms with Crippen molar-refractivity contribution in [2.45, 2.75) is 159 Å². The van der Waals surface area contributed by atoms with Gasteiger partial charge in [0, 0.05) is 0 Å². The van der Waals surface area contributed by atoms with Crippen molar-refractivity contribution >= 4 is 37.3 Å². The normalized spacial score (nSPS) is 31.4. The summed E-state index contributed by atoms with van der Waals surface area (Å²) in [6.45, 7) is 24.3. The Hall–Kier alpha value is -2.25. The quantitative estimate of drug-likeness (QED) is 0.127. The highest BCUT2D eigenvalue weighted by molar-refractivity contribution is 6.83. The average Bonchev–Trinajstić information content (AvgIpc) is 3.29. The van der Waals surface area contributed by atoms with Gasteiger partial charge in [-0.25, -0.2) is 9.86 Å². The van der Waals surface area contributed by atoms with Crippen LogP contribution in [0.5, 0.6) is 0 Å². The number of fused-ring (bicyclic) bond motifs is 2. The molecular formula is C40H63NO10Si3. The van der Waals surface area contributed by atoms with Crippen LogP contribution in [0.15, 0.2) is 60.7 Å². The van der Waals surface area contributed by atoms with Gasteiger partial charge in [0.25, 0.3) is 0 Å². The summed E-state index contributed by atoms with van der Waals surface area (Å²) in [7, 11) is -9.45. The van der Waals surface area contributed by atoms with Crippen LogP contribution in [-0.4, -0.2) is 94.8 Å². The fourth-order valence-corrected chi connectivity index (χ4v) is 19.9. The fraction of sp³-hybridized carbons (Fsp3) is 0.650. The number of aliphatic hydroxyl groups is 2. The molecule has 7 atom stereocenters. The minimum atomic E-state index is -3.37. The van der Waals surface area contributed by atoms with E-state index in [1.807, 2.05) is 50.3 Å². The number of β-lactam (4-membered cyclic amide) rings is 1. The zero-order valence-corrected chi connectivity index (χ0v) is 37.3. The van der Waals surface area contributed by atoms with Crippen molar-refractivity contribution in [1.29, 1.82) is 0 Å². The zero-order valence-electron chi connectivity index (χ0n) is 34.3. The van der Waals surface area contributed by atoms with Crippen LogP contribution in [0.1, 0.15) is 91.6 Å². The Morgan fingerprint density at radius 3 is 2.02 bits per heavy atom. The van der Waals surface area contributed by atoms with Crippen LogP contribution in [0.2, 0.25) is 40.8 Å². The minimum absolute atomic E-state index is 0.0553. The number of carbonyl (C=O) groups is 2. The highest BCUT2D eigenvalue weighted by Crippen LogP contribution is 2.57. The molecule has 2 aliphatic heterocycles. The van der Waals surface area contributed by atoms with Gasteiger partial charge in [0.1, 0.15) is 43.2 Å². The van der Waals surface area contributed by atoms with E-state index >= 15 is 0 Å². The molecule has 14 heteroatoms. The van der Waals surface area contributed by atoms with E-state index in [4.69, 9.17) is 27.0 Å². The summed E-state index contributed by atoms with van der Waals surface area (Å²) in [4.78, 5) is 33.8. The van der Waals surface area contributed by atoms with E-state index in [-0.39, 0.29) is 40.6 Å². The Balaban J connectivity index is 1.76. The number of ether oxygens (including phenoxy) is 1. The van der Waals surface area contributed by atoms with Crippen molar-refractivity contribution in [3.63, 3.8) is 0 Å². The first-order valence-electron chi connectivity index (χ1n) is 19.5. The molecule has 5 rings (SSSR count). The molecule has 2 heterocycles. The SMILES string of the molecule is CC[Si]1(C(C)C)OC2C(O[Si](C(C)C)(C(C)C)O1)[C@@](O)(COC(=O)c1ccccc1)[C@@H](O[Si](C)(C)C(C)(C)C)[C@@H](O)[C@@]21CC(=O)N1OCc1ccccc1. The molecule has 0 radical (unpaired) electrons. The van der Waals surface area contributed by atoms with Crippen molar-refractivity contribution in [2.24, 2.45) is 0 Å². The molecule has 2 aromatic carbocycles. The van der Waals surface area contributed by atoms with Crippen LogP contribution in [0.4, 0.5) is 0 Å². The summed E-state index contributed by atoms with van der Waals surface area (Å²) in [6.07, 6.45) is -5.47. The van der Waals surface area contributed by atoms with E-state index < -0.39 is 73.6 Å². The van der Waals surface area contributed by atoms with Gasteiger partial charge in [-0.05, 0) is 58.5 Å². The molecule has 11 nitrogen and oxygen atoms in total. The van der Waals surface area contributed by atoms with Crippen molar-refractivity contribution in [3.8, 4) is 0 Å². The third-order valence-electron chi connectivity index (χ3n) is 12.4. The van der Waals surface area contributed by atoms with E-state index in [0.717, 1.165) is 5.56 Å². The molecule has 1 aliphatic carbocycles. The molecule has 2 N–H and O–H groups in total. The van der Waals surface area contributed by atoms with E-state index in [0.29, 0.717) is 11.6 Å². The molecule has 300 valence electrons. The molecule has 2 saturated heterocycles. The molecule has 1 saturated carbocycles. The lowest BCUT2D eigenvalue weighted by Gasteiger charge is -2.65. The number of amides is 1. The number of rotatable bonds is 12. The van der Waals surface area contributed by atoms with E-state index in [9.17, 15) is 19.8 Å². The summed E-state index contributed by atoms with van der Waals surface area (Å²) in [5.41, 5.74) is -2.80. The molecule has 0 bridgehead atoms. The highest BCUT2D eigenvalue weighted by Gasteiger charge is 2.78. The van der Waals surface area contributed by atoms with Gasteiger partial charge in [0.15, 0.2) is 13.9 Å². The maximum atomic E-state index is 13.8. The van der Waals surface area contributed by atoms with Gasteiger partial charge in [0.05, 0.1) is 12.0 Å². The molecule has 0 aromatic heterocycles. The Labute approximate surface area is 325 Å². The summed E-state index contributed by atoms with van der Waals surface area (Å²) < 4.78 is 35.4. The number of hydrogen-bond donors (Lipinski definition) is 2. The molecule has 54 heavy (non-hydrogen) atoms. The number of benzene rings is 2. The predicted molar refractivity (Wildman–Crippen MR) is 213 cm³/mol. The molecule has 3 aliphatic rings. The lowest BCUT2D eigenvalue weighted by Crippen LogP contribution is -2.87. The van der Waals surface area contributed by atoms with E-state index in [2.05, 4.69) is 62.3 Å². The average molecular weight is 802 g/mol. The Morgan fingerprint density at radius 2 is 1.52 bits per heavy atom. The van der Waals surface area contributed by atoms with Crippen molar-refractivity contribution in [3.05, 3.63) is 71.8 Å². The van der Waals surface area contributed by atoms with Crippen LogP contribution in [0.3, 0.4) is 0 Å². The molecule has 3 unspecified atom stereocenters. The number of hydrogen-bond acceptors (Lipinski definition) is 10. The number of esters is 1. The third-order valence-corrected chi connectivity index (χ3v) is 26.8. The number of nitrogens with zero attached hydrogens (tertiary/aromatic N) is 1. The van der Waals surface area contributed by atoms with Crippen LogP contribution in [0, 0.1) is 0 Å². The van der Waals surface area contributed by atoms with Gasteiger partial charge in [-0.1, -0.05) is 118 Å². The van der Waals surface area contributed by atoms with Gasteiger partial charge in [-0.3, -0.25) is 9.63 Å². The van der Waals surface area contributed by atoms with Gasteiger partial charge < -0.3 is 32.3 Å². The second-order valence-corrected chi connectivity index (χ2v) is 31.1. The van der Waals surface area contributed by atoms with Crippen LogP contribution >= 0.6 is 0 Å². The number of aliphatic hydroxyl groups excluding tert-OH is 1. The lowest BCUT2D eigenvalue weighted by atomic mass is 9.62. The van der Waals surface area contributed by atoms with Gasteiger partial charge in [-0.15, -0.1) is 0 Å². The van der Waals surface area contributed by atoms with Crippen molar-refractivity contribution in [2.75, 3.05) is 6.61 Å². The standard InChI is InChI=1S/C40H63NO10Si3/c1-13-53(27(2)3)49-35-36(50-54(51-53,28(4)5)29(6)7)40(45,26-46-37(44)31-22-18-15-19-23-31)34(48-52(11,12)38(8,9)10)33(43)39(35)24-32(42)41(39)47-25-30-20-16-14-17-21-30/h14-23,27-29,33-36,43,45H,13,24-26H2,1-12H3/t33-,34+,35?,36?,39+,40-,53?/m1/s1. The third kappa shape index (κ3) is 7.36. The minimum Gasteiger partial charge on any atom is -0.459 e. The maximum Gasteiger partial charge on any atom is 0.338 e. The zero-order chi connectivity index (χ0) is 40.1. The molecule has 1 amide bonds. The van der Waals surface area contributed by atoms with Crippen LogP contribution in [-0.2, 0) is 38.4 Å². The van der Waals surface area contributed by atoms with E-state index in [1.165, 1.54) is 5.06 Å². The largest absolute Gasteiger partial charge is 0.459 e. The molecule has 1 spiro atoms. The molecular weight excluding hydrogens is 739 g/mol. The summed E-state index contributed by atoms with van der Waals surface area (Å²) in [6, 6.07) is 18.6.